The van der Waals surface area contributed by atoms with Gasteiger partial charge >= 0.3 is 0 Å². The third-order valence-corrected chi connectivity index (χ3v) is 6.77. The van der Waals surface area contributed by atoms with E-state index in [1.807, 2.05) is 36.5 Å². The summed E-state index contributed by atoms with van der Waals surface area (Å²) in [5.74, 6) is -0.162. The number of halogens is 4. The van der Waals surface area contributed by atoms with E-state index in [9.17, 15) is 13.2 Å². The van der Waals surface area contributed by atoms with Crippen LogP contribution in [-0.4, -0.2) is 4.57 Å². The van der Waals surface area contributed by atoms with Gasteiger partial charge in [0.25, 0.3) is 0 Å². The average Bonchev–Trinajstić information content (AvgIpc) is 3.24. The van der Waals surface area contributed by atoms with Crippen molar-refractivity contribution in [3.05, 3.63) is 143 Å². The molecule has 4 aromatic carbocycles. The van der Waals surface area contributed by atoms with Gasteiger partial charge in [0.05, 0.1) is 11.9 Å². The predicted molar refractivity (Wildman–Crippen MR) is 141 cm³/mol. The van der Waals surface area contributed by atoms with Crippen molar-refractivity contribution in [2.45, 2.75) is 19.6 Å². The van der Waals surface area contributed by atoms with Crippen LogP contribution in [0.5, 0.6) is 5.75 Å². The molecule has 0 aliphatic rings. The number of aromatic nitrogens is 2. The number of nitrogens with one attached hydrogen (secondary N) is 1. The molecule has 1 N–H and O–H groups in total. The lowest BCUT2D eigenvalue weighted by Gasteiger charge is -2.11. The van der Waals surface area contributed by atoms with Crippen LogP contribution in [-0.2, 0) is 19.6 Å². The van der Waals surface area contributed by atoms with Crippen molar-refractivity contribution >= 4 is 21.8 Å². The maximum absolute atomic E-state index is 14.6. The lowest BCUT2D eigenvalue weighted by Crippen LogP contribution is -3.00. The van der Waals surface area contributed by atoms with Crippen LogP contribution in [0.3, 0.4) is 0 Å². The van der Waals surface area contributed by atoms with Gasteiger partial charge in [-0.1, -0.05) is 42.5 Å². The average molecular weight is 589 g/mol. The summed E-state index contributed by atoms with van der Waals surface area (Å²) in [6, 6.07) is 27.4. The zero-order chi connectivity index (χ0) is 26.1. The summed E-state index contributed by atoms with van der Waals surface area (Å²) in [7, 11) is 0. The highest BCUT2D eigenvalue weighted by atomic mass is 79.9. The molecule has 6 rings (SSSR count). The molecular weight excluding hydrogens is 565 g/mol. The van der Waals surface area contributed by atoms with Crippen LogP contribution in [0.15, 0.2) is 103 Å². The van der Waals surface area contributed by atoms with Crippen molar-refractivity contribution in [3.8, 4) is 5.75 Å². The van der Waals surface area contributed by atoms with Gasteiger partial charge in [0.2, 0.25) is 5.69 Å². The van der Waals surface area contributed by atoms with E-state index >= 15 is 0 Å². The predicted octanol–water partition coefficient (Wildman–Crippen LogP) is 4.25. The Balaban J connectivity index is 0.00000308. The van der Waals surface area contributed by atoms with E-state index < -0.39 is 0 Å². The van der Waals surface area contributed by atoms with Crippen molar-refractivity contribution in [3.63, 3.8) is 0 Å². The molecule has 0 aliphatic heterocycles. The van der Waals surface area contributed by atoms with Gasteiger partial charge in [0.1, 0.15) is 35.3 Å². The molecule has 0 aliphatic carbocycles. The number of fused-ring (bicyclic) bond motifs is 3. The SMILES string of the molecule is Fc1ccc(COc2ccc3c4cc[nH+]c(Cc5ccccc5F)c4n(Cc4ccc(F)cc4)c3c2)cc1.[Br-]. The van der Waals surface area contributed by atoms with E-state index in [0.717, 1.165) is 38.6 Å². The molecule has 6 aromatic rings. The molecule has 196 valence electrons. The largest absolute Gasteiger partial charge is 1.00 e. The van der Waals surface area contributed by atoms with Crippen LogP contribution < -0.4 is 26.7 Å². The first kappa shape index (κ1) is 26.5. The minimum absolute atomic E-state index is 0. The van der Waals surface area contributed by atoms with E-state index in [1.165, 1.54) is 30.3 Å². The Morgan fingerprint density at radius 1 is 0.718 bits per heavy atom. The number of H-pyrrole nitrogens is 1. The van der Waals surface area contributed by atoms with E-state index in [0.29, 0.717) is 30.9 Å². The molecule has 0 saturated carbocycles. The van der Waals surface area contributed by atoms with Gasteiger partial charge < -0.3 is 26.3 Å². The second-order valence-electron chi connectivity index (χ2n) is 9.29. The van der Waals surface area contributed by atoms with E-state index in [4.69, 9.17) is 4.74 Å². The van der Waals surface area contributed by atoms with Gasteiger partial charge in [-0.2, -0.15) is 0 Å². The molecule has 0 amide bonds. The number of nitrogens with zero attached hydrogens (tertiary/aromatic N) is 1. The van der Waals surface area contributed by atoms with Crippen LogP contribution in [0.4, 0.5) is 13.2 Å². The van der Waals surface area contributed by atoms with Gasteiger partial charge in [0, 0.05) is 29.4 Å². The first-order valence-electron chi connectivity index (χ1n) is 12.4. The summed E-state index contributed by atoms with van der Waals surface area (Å²) in [5, 5.41) is 2.05. The Kier molecular flexibility index (Phi) is 7.70. The molecule has 0 unspecified atom stereocenters. The number of aromatic amines is 1. The molecule has 0 atom stereocenters. The summed E-state index contributed by atoms with van der Waals surface area (Å²) in [4.78, 5) is 3.34. The van der Waals surface area contributed by atoms with Gasteiger partial charge in [-0.25, -0.2) is 18.2 Å². The molecule has 0 radical (unpaired) electrons. The summed E-state index contributed by atoms with van der Waals surface area (Å²) in [6.45, 7) is 0.792. The Hall–Kier alpha value is -4.10. The van der Waals surface area contributed by atoms with Gasteiger partial charge in [0.15, 0.2) is 6.20 Å². The van der Waals surface area contributed by atoms with E-state index in [-0.39, 0.29) is 34.4 Å². The van der Waals surface area contributed by atoms with E-state index in [2.05, 4.69) is 9.55 Å². The van der Waals surface area contributed by atoms with Crippen LogP contribution >= 0.6 is 0 Å². The highest BCUT2D eigenvalue weighted by Gasteiger charge is 2.20. The van der Waals surface area contributed by atoms with Crippen LogP contribution in [0.2, 0.25) is 0 Å². The Labute approximate surface area is 234 Å². The fourth-order valence-electron chi connectivity index (χ4n) is 4.88. The Morgan fingerprint density at radius 2 is 1.41 bits per heavy atom. The normalized spacial score (nSPS) is 11.1. The molecule has 7 heteroatoms. The number of rotatable bonds is 7. The molecule has 39 heavy (non-hydrogen) atoms. The summed E-state index contributed by atoms with van der Waals surface area (Å²) < 4.78 is 49.7. The topological polar surface area (TPSA) is 28.3 Å². The van der Waals surface area contributed by atoms with E-state index in [1.54, 1.807) is 36.4 Å². The van der Waals surface area contributed by atoms with Gasteiger partial charge in [-0.3, -0.25) is 0 Å². The van der Waals surface area contributed by atoms with Crippen molar-refractivity contribution in [2.75, 3.05) is 0 Å². The van der Waals surface area contributed by atoms with Crippen LogP contribution in [0.1, 0.15) is 22.4 Å². The molecule has 2 aromatic heterocycles. The fourth-order valence-corrected chi connectivity index (χ4v) is 4.88. The number of ether oxygens (including phenoxy) is 1. The zero-order valence-electron chi connectivity index (χ0n) is 20.8. The third-order valence-electron chi connectivity index (χ3n) is 6.77. The van der Waals surface area contributed by atoms with Gasteiger partial charge in [-0.15, -0.1) is 0 Å². The van der Waals surface area contributed by atoms with Crippen molar-refractivity contribution in [1.29, 1.82) is 0 Å². The van der Waals surface area contributed by atoms with Crippen molar-refractivity contribution in [2.24, 2.45) is 0 Å². The van der Waals surface area contributed by atoms with Crippen LogP contribution in [0.25, 0.3) is 21.8 Å². The first-order valence-corrected chi connectivity index (χ1v) is 12.4. The van der Waals surface area contributed by atoms with Gasteiger partial charge in [-0.05, 0) is 59.2 Å². The monoisotopic (exact) mass is 588 g/mol. The summed E-state index contributed by atoms with van der Waals surface area (Å²) >= 11 is 0. The number of benzene rings is 4. The lowest BCUT2D eigenvalue weighted by molar-refractivity contribution is -0.387. The molecule has 3 nitrogen and oxygen atoms in total. The minimum atomic E-state index is -0.291. The maximum Gasteiger partial charge on any atom is 0.208 e. The van der Waals surface area contributed by atoms with Crippen molar-refractivity contribution in [1.82, 2.24) is 4.57 Å². The number of hydrogen-bond donors (Lipinski definition) is 0. The quantitative estimate of drug-likeness (QED) is 0.274. The standard InChI is InChI=1S/C32H23F3N2O.BrH/c33-24-9-5-21(6-10-24)19-37-31-18-26(38-20-22-7-11-25(34)12-8-22)13-14-27(31)28-15-16-36-30(32(28)37)17-23-3-1-2-4-29(23)35;/h1-16,18H,17,19-20H2;1H. The highest BCUT2D eigenvalue weighted by Crippen LogP contribution is 2.34. The molecular formula is C32H24BrF3N2O. The zero-order valence-corrected chi connectivity index (χ0v) is 22.4. The lowest BCUT2D eigenvalue weighted by atomic mass is 10.1. The second-order valence-corrected chi connectivity index (χ2v) is 9.29. The molecule has 0 spiro atoms. The first-order chi connectivity index (χ1) is 18.5. The highest BCUT2D eigenvalue weighted by molar-refractivity contribution is 6.08. The summed E-state index contributed by atoms with van der Waals surface area (Å²) in [5.41, 5.74) is 5.16. The fraction of sp³-hybridized carbons (Fsp3) is 0.0938. The summed E-state index contributed by atoms with van der Waals surface area (Å²) in [6.07, 6.45) is 2.26. The smallest absolute Gasteiger partial charge is 0.208 e. The maximum atomic E-state index is 14.6. The molecule has 2 heterocycles. The molecule has 0 fully saturated rings. The third kappa shape index (κ3) is 5.54. The number of pyridine rings is 1. The van der Waals surface area contributed by atoms with Crippen molar-refractivity contribution < 1.29 is 39.9 Å². The minimum Gasteiger partial charge on any atom is -1.00 e. The number of hydrogen-bond acceptors (Lipinski definition) is 1. The molecule has 0 saturated heterocycles. The molecule has 0 bridgehead atoms. The van der Waals surface area contributed by atoms with Crippen LogP contribution in [0, 0.1) is 17.5 Å². The Bertz CT molecular complexity index is 1750. The Morgan fingerprint density at radius 3 is 2.13 bits per heavy atom. The second kappa shape index (κ2) is 11.3.